The Balaban J connectivity index is 1.90. The van der Waals surface area contributed by atoms with Crippen LogP contribution in [-0.4, -0.2) is 14.7 Å². The summed E-state index contributed by atoms with van der Waals surface area (Å²) in [7, 11) is 0. The van der Waals surface area contributed by atoms with Crippen molar-refractivity contribution >= 4 is 46.0 Å². The number of amides is 1. The number of fused-ring (bicyclic) bond motifs is 1. The predicted octanol–water partition coefficient (Wildman–Crippen LogP) is 2.98. The lowest BCUT2D eigenvalue weighted by atomic mass is 10.1. The van der Waals surface area contributed by atoms with Crippen LogP contribution >= 0.6 is 23.3 Å². The summed E-state index contributed by atoms with van der Waals surface area (Å²) in [4.78, 5) is 12.3. The molecule has 0 fully saturated rings. The van der Waals surface area contributed by atoms with Gasteiger partial charge >= 0.3 is 0 Å². The fraction of sp³-hybridized carbons (Fsp3) is 0.0714. The maximum Gasteiger partial charge on any atom is 0.245 e. The van der Waals surface area contributed by atoms with Crippen LogP contribution in [0.2, 0.25) is 5.02 Å². The Morgan fingerprint density at radius 3 is 2.71 bits per heavy atom. The van der Waals surface area contributed by atoms with Crippen molar-refractivity contribution in [1.29, 1.82) is 0 Å². The molecule has 1 aromatic heterocycles. The van der Waals surface area contributed by atoms with Gasteiger partial charge in [0.25, 0.3) is 0 Å². The molecule has 21 heavy (non-hydrogen) atoms. The molecule has 7 heteroatoms. The summed E-state index contributed by atoms with van der Waals surface area (Å²) in [6.07, 6.45) is 0. The maximum absolute atomic E-state index is 12.3. The van der Waals surface area contributed by atoms with Gasteiger partial charge in [0.2, 0.25) is 5.91 Å². The van der Waals surface area contributed by atoms with E-state index in [1.54, 1.807) is 24.3 Å². The van der Waals surface area contributed by atoms with Gasteiger partial charge in [-0.05, 0) is 17.7 Å². The molecule has 0 aliphatic rings. The van der Waals surface area contributed by atoms with Gasteiger partial charge in [-0.25, -0.2) is 0 Å². The smallest absolute Gasteiger partial charge is 0.245 e. The molecule has 5 nitrogen and oxygen atoms in total. The highest BCUT2D eigenvalue weighted by Crippen LogP contribution is 2.30. The van der Waals surface area contributed by atoms with Crippen LogP contribution in [0.4, 0.5) is 5.69 Å². The Morgan fingerprint density at radius 1 is 1.19 bits per heavy atom. The summed E-state index contributed by atoms with van der Waals surface area (Å²) < 4.78 is 8.28. The summed E-state index contributed by atoms with van der Waals surface area (Å²) in [5.41, 5.74) is 8.40. The molecule has 0 aliphatic heterocycles. The Bertz CT molecular complexity index is 790. The van der Waals surface area contributed by atoms with E-state index in [0.29, 0.717) is 21.7 Å². The molecular formula is C14H11ClN4OS. The van der Waals surface area contributed by atoms with Gasteiger partial charge in [-0.15, -0.1) is 0 Å². The number of nitrogens with zero attached hydrogens (tertiary/aromatic N) is 2. The number of carbonyl (C=O) groups is 1. The highest BCUT2D eigenvalue weighted by Gasteiger charge is 2.19. The summed E-state index contributed by atoms with van der Waals surface area (Å²) in [5, 5.41) is 3.15. The van der Waals surface area contributed by atoms with Gasteiger partial charge in [-0.1, -0.05) is 41.9 Å². The van der Waals surface area contributed by atoms with Gasteiger partial charge in [0.15, 0.2) is 0 Å². The molecule has 3 rings (SSSR count). The fourth-order valence-electron chi connectivity index (χ4n) is 1.96. The topological polar surface area (TPSA) is 80.9 Å². The zero-order chi connectivity index (χ0) is 14.8. The van der Waals surface area contributed by atoms with Crippen LogP contribution in [0.25, 0.3) is 11.0 Å². The minimum atomic E-state index is -0.774. The monoisotopic (exact) mass is 318 g/mol. The minimum absolute atomic E-state index is 0.344. The Morgan fingerprint density at radius 2 is 1.95 bits per heavy atom. The standard InChI is InChI=1S/C14H11ClN4OS/c15-9-6-7-10-13(19-21-18-10)12(9)17-14(20)11(16)8-4-2-1-3-5-8/h1-7,11H,16H2,(H,17,20)/t11-/m1/s1. The van der Waals surface area contributed by atoms with Crippen molar-refractivity contribution in [2.45, 2.75) is 6.04 Å². The number of hydrogen-bond donors (Lipinski definition) is 2. The van der Waals surface area contributed by atoms with Gasteiger partial charge in [0, 0.05) is 0 Å². The molecule has 1 atom stereocenters. The maximum atomic E-state index is 12.3. The van der Waals surface area contributed by atoms with E-state index < -0.39 is 6.04 Å². The number of hydrogen-bond acceptors (Lipinski definition) is 5. The van der Waals surface area contributed by atoms with Gasteiger partial charge in [0.05, 0.1) is 22.4 Å². The van der Waals surface area contributed by atoms with Crippen molar-refractivity contribution in [3.8, 4) is 0 Å². The highest BCUT2D eigenvalue weighted by molar-refractivity contribution is 7.00. The lowest BCUT2D eigenvalue weighted by molar-refractivity contribution is -0.117. The Hall–Kier alpha value is -2.02. The highest BCUT2D eigenvalue weighted by atomic mass is 35.5. The van der Waals surface area contributed by atoms with E-state index in [0.717, 1.165) is 17.3 Å². The van der Waals surface area contributed by atoms with Crippen molar-refractivity contribution in [3.63, 3.8) is 0 Å². The molecule has 0 spiro atoms. The number of carbonyl (C=O) groups excluding carboxylic acids is 1. The third-order valence-corrected chi connectivity index (χ3v) is 3.92. The summed E-state index contributed by atoms with van der Waals surface area (Å²) in [5.74, 6) is -0.344. The van der Waals surface area contributed by atoms with Crippen molar-refractivity contribution in [3.05, 3.63) is 53.1 Å². The molecule has 1 heterocycles. The average Bonchev–Trinajstić information content (AvgIpc) is 2.99. The first-order chi connectivity index (χ1) is 10.2. The molecule has 1 amide bonds. The lowest BCUT2D eigenvalue weighted by Crippen LogP contribution is -2.27. The number of nitrogens with one attached hydrogen (secondary N) is 1. The molecule has 0 radical (unpaired) electrons. The molecule has 0 bridgehead atoms. The summed E-state index contributed by atoms with van der Waals surface area (Å²) >= 11 is 7.20. The molecule has 0 aliphatic carbocycles. The first-order valence-corrected chi connectivity index (χ1v) is 7.30. The molecule has 3 aromatic rings. The van der Waals surface area contributed by atoms with Crippen LogP contribution in [0.3, 0.4) is 0 Å². The Kier molecular flexibility index (Phi) is 3.83. The molecular weight excluding hydrogens is 308 g/mol. The molecule has 3 N–H and O–H groups in total. The number of nitrogens with two attached hydrogens (primary N) is 1. The van der Waals surface area contributed by atoms with Crippen molar-refractivity contribution in [2.75, 3.05) is 5.32 Å². The number of aromatic nitrogens is 2. The third-order valence-electron chi connectivity index (χ3n) is 3.07. The number of rotatable bonds is 3. The number of halogens is 1. The van der Waals surface area contributed by atoms with Crippen LogP contribution in [0.1, 0.15) is 11.6 Å². The van der Waals surface area contributed by atoms with E-state index in [1.807, 2.05) is 18.2 Å². The largest absolute Gasteiger partial charge is 0.321 e. The molecule has 0 saturated carbocycles. The zero-order valence-corrected chi connectivity index (χ0v) is 12.4. The van der Waals surface area contributed by atoms with E-state index in [9.17, 15) is 4.79 Å². The minimum Gasteiger partial charge on any atom is -0.321 e. The predicted molar refractivity (Wildman–Crippen MR) is 84.4 cm³/mol. The zero-order valence-electron chi connectivity index (χ0n) is 10.8. The third kappa shape index (κ3) is 2.73. The number of anilines is 1. The van der Waals surface area contributed by atoms with E-state index in [4.69, 9.17) is 17.3 Å². The quantitative estimate of drug-likeness (QED) is 0.778. The van der Waals surface area contributed by atoms with Crippen LogP contribution in [0.15, 0.2) is 42.5 Å². The second-order valence-corrected chi connectivity index (χ2v) is 5.37. The molecule has 0 saturated heterocycles. The molecule has 2 aromatic carbocycles. The fourth-order valence-corrected chi connectivity index (χ4v) is 2.70. The second-order valence-electron chi connectivity index (χ2n) is 4.43. The van der Waals surface area contributed by atoms with Gasteiger partial charge in [0.1, 0.15) is 17.1 Å². The SMILES string of the molecule is N[C@@H](C(=O)Nc1c(Cl)ccc2nsnc12)c1ccccc1. The number of benzene rings is 2. The Labute approximate surface area is 130 Å². The van der Waals surface area contributed by atoms with E-state index >= 15 is 0 Å². The van der Waals surface area contributed by atoms with Crippen LogP contribution < -0.4 is 11.1 Å². The first-order valence-electron chi connectivity index (χ1n) is 6.19. The molecule has 0 unspecified atom stereocenters. The van der Waals surface area contributed by atoms with Gasteiger partial charge < -0.3 is 11.1 Å². The second kappa shape index (κ2) is 5.77. The van der Waals surface area contributed by atoms with Crippen LogP contribution in [-0.2, 0) is 4.79 Å². The normalized spacial score (nSPS) is 12.3. The van der Waals surface area contributed by atoms with Crippen molar-refractivity contribution in [2.24, 2.45) is 5.73 Å². The first kappa shape index (κ1) is 13.9. The van der Waals surface area contributed by atoms with Crippen molar-refractivity contribution in [1.82, 2.24) is 8.75 Å². The lowest BCUT2D eigenvalue weighted by Gasteiger charge is -2.13. The van der Waals surface area contributed by atoms with Gasteiger partial charge in [-0.3, -0.25) is 4.79 Å². The summed E-state index contributed by atoms with van der Waals surface area (Å²) in [6.45, 7) is 0. The van der Waals surface area contributed by atoms with E-state index in [-0.39, 0.29) is 5.91 Å². The van der Waals surface area contributed by atoms with E-state index in [1.165, 1.54) is 0 Å². The van der Waals surface area contributed by atoms with Crippen molar-refractivity contribution < 1.29 is 4.79 Å². The summed E-state index contributed by atoms with van der Waals surface area (Å²) in [6, 6.07) is 11.8. The molecule has 106 valence electrons. The average molecular weight is 319 g/mol. The van der Waals surface area contributed by atoms with E-state index in [2.05, 4.69) is 14.1 Å². The van der Waals surface area contributed by atoms with Crippen LogP contribution in [0.5, 0.6) is 0 Å². The van der Waals surface area contributed by atoms with Gasteiger partial charge in [-0.2, -0.15) is 8.75 Å². The van der Waals surface area contributed by atoms with Crippen LogP contribution in [0, 0.1) is 0 Å².